The van der Waals surface area contributed by atoms with E-state index in [4.69, 9.17) is 4.74 Å². The summed E-state index contributed by atoms with van der Waals surface area (Å²) in [7, 11) is 3.98. The molecule has 2 aromatic heterocycles. The van der Waals surface area contributed by atoms with Gasteiger partial charge in [-0.25, -0.2) is 4.98 Å². The summed E-state index contributed by atoms with van der Waals surface area (Å²) in [5, 5.41) is 3.44. The second kappa shape index (κ2) is 6.91. The smallest absolute Gasteiger partial charge is 0.224 e. The number of rotatable bonds is 5. The first-order valence-electron chi connectivity index (χ1n) is 7.87. The summed E-state index contributed by atoms with van der Waals surface area (Å²) in [5.74, 6) is 2.01. The van der Waals surface area contributed by atoms with Gasteiger partial charge >= 0.3 is 0 Å². The molecule has 6 heteroatoms. The quantitative estimate of drug-likeness (QED) is 0.910. The number of pyridine rings is 1. The maximum atomic E-state index is 5.67. The van der Waals surface area contributed by atoms with E-state index in [0.29, 0.717) is 18.5 Å². The van der Waals surface area contributed by atoms with E-state index in [1.807, 2.05) is 44.5 Å². The van der Waals surface area contributed by atoms with Crippen LogP contribution >= 0.6 is 0 Å². The average molecular weight is 313 g/mol. The fraction of sp³-hybridized carbons (Fsp3) is 0.471. The molecule has 1 aliphatic rings. The highest BCUT2D eigenvalue weighted by Crippen LogP contribution is 2.23. The first-order chi connectivity index (χ1) is 11.1. The summed E-state index contributed by atoms with van der Waals surface area (Å²) >= 11 is 0. The summed E-state index contributed by atoms with van der Waals surface area (Å²) in [6.07, 6.45) is 6.49. The van der Waals surface area contributed by atoms with Crippen LogP contribution in [-0.2, 0) is 11.2 Å². The van der Waals surface area contributed by atoms with Crippen molar-refractivity contribution in [1.29, 1.82) is 0 Å². The fourth-order valence-electron chi connectivity index (χ4n) is 2.90. The van der Waals surface area contributed by atoms with E-state index in [9.17, 15) is 0 Å². The van der Waals surface area contributed by atoms with Crippen LogP contribution in [-0.4, -0.2) is 48.3 Å². The van der Waals surface area contributed by atoms with Crippen molar-refractivity contribution in [1.82, 2.24) is 15.0 Å². The minimum Gasteiger partial charge on any atom is -0.379 e. The summed E-state index contributed by atoms with van der Waals surface area (Å²) in [4.78, 5) is 15.1. The number of nitrogens with zero attached hydrogens (tertiary/aromatic N) is 4. The number of hydrogen-bond donors (Lipinski definition) is 1. The number of ether oxygens (including phenoxy) is 1. The molecule has 1 saturated heterocycles. The maximum Gasteiger partial charge on any atom is 0.224 e. The lowest BCUT2D eigenvalue weighted by atomic mass is 9.95. The molecule has 1 N–H and O–H groups in total. The summed E-state index contributed by atoms with van der Waals surface area (Å²) in [5.41, 5.74) is 2.35. The Hall–Kier alpha value is -2.21. The van der Waals surface area contributed by atoms with Crippen LogP contribution in [0.15, 0.2) is 30.7 Å². The van der Waals surface area contributed by atoms with Crippen LogP contribution in [0, 0.1) is 12.8 Å². The molecule has 0 aliphatic carbocycles. The Balaban J connectivity index is 1.70. The van der Waals surface area contributed by atoms with E-state index in [-0.39, 0.29) is 6.04 Å². The van der Waals surface area contributed by atoms with Gasteiger partial charge in [-0.2, -0.15) is 4.98 Å². The zero-order chi connectivity index (χ0) is 16.2. The minimum atomic E-state index is 0.223. The van der Waals surface area contributed by atoms with Crippen molar-refractivity contribution < 1.29 is 4.74 Å². The Labute approximate surface area is 136 Å². The SMILES string of the molecule is Cc1cnc(N[C@@H]2COC[C@H]2Cc2ccncc2)nc1N(C)C. The Bertz CT molecular complexity index is 647. The van der Waals surface area contributed by atoms with Gasteiger partial charge in [0.15, 0.2) is 0 Å². The molecule has 0 radical (unpaired) electrons. The molecule has 23 heavy (non-hydrogen) atoms. The molecule has 0 unspecified atom stereocenters. The van der Waals surface area contributed by atoms with E-state index in [1.165, 1.54) is 5.56 Å². The van der Waals surface area contributed by atoms with Gasteiger partial charge in [0, 0.05) is 44.2 Å². The van der Waals surface area contributed by atoms with E-state index >= 15 is 0 Å². The topological polar surface area (TPSA) is 63.2 Å². The van der Waals surface area contributed by atoms with Gasteiger partial charge in [0.25, 0.3) is 0 Å². The molecule has 3 heterocycles. The largest absolute Gasteiger partial charge is 0.379 e. The zero-order valence-corrected chi connectivity index (χ0v) is 13.9. The minimum absolute atomic E-state index is 0.223. The van der Waals surface area contributed by atoms with Crippen molar-refractivity contribution in [2.24, 2.45) is 5.92 Å². The highest BCUT2D eigenvalue weighted by atomic mass is 16.5. The fourth-order valence-corrected chi connectivity index (χ4v) is 2.90. The van der Waals surface area contributed by atoms with Gasteiger partial charge < -0.3 is 15.0 Å². The molecule has 0 aromatic carbocycles. The van der Waals surface area contributed by atoms with Crippen LogP contribution in [0.3, 0.4) is 0 Å². The van der Waals surface area contributed by atoms with E-state index in [1.54, 1.807) is 0 Å². The third kappa shape index (κ3) is 3.76. The van der Waals surface area contributed by atoms with Crippen molar-refractivity contribution in [2.75, 3.05) is 37.5 Å². The van der Waals surface area contributed by atoms with E-state index < -0.39 is 0 Å². The predicted molar refractivity (Wildman–Crippen MR) is 90.8 cm³/mol. The standard InChI is InChI=1S/C17H23N5O/c1-12-9-19-17(21-16(12)22(2)3)20-15-11-23-10-14(15)8-13-4-6-18-7-5-13/h4-7,9,14-15H,8,10-11H2,1-3H3,(H,19,20,21)/t14-,15-/m1/s1. The normalized spacial score (nSPS) is 20.5. The van der Waals surface area contributed by atoms with Crippen molar-refractivity contribution >= 4 is 11.8 Å². The Kier molecular flexibility index (Phi) is 4.71. The van der Waals surface area contributed by atoms with Crippen LogP contribution in [0.2, 0.25) is 0 Å². The number of aryl methyl sites for hydroxylation is 1. The third-order valence-electron chi connectivity index (χ3n) is 4.13. The molecule has 2 aromatic rings. The zero-order valence-electron chi connectivity index (χ0n) is 13.9. The van der Waals surface area contributed by atoms with Crippen molar-refractivity contribution in [3.63, 3.8) is 0 Å². The van der Waals surface area contributed by atoms with Gasteiger partial charge in [-0.1, -0.05) is 0 Å². The van der Waals surface area contributed by atoms with Gasteiger partial charge in [-0.15, -0.1) is 0 Å². The van der Waals surface area contributed by atoms with Gasteiger partial charge in [-0.3, -0.25) is 4.98 Å². The number of hydrogen-bond acceptors (Lipinski definition) is 6. The van der Waals surface area contributed by atoms with E-state index in [2.05, 4.69) is 32.4 Å². The highest BCUT2D eigenvalue weighted by Gasteiger charge is 2.29. The van der Waals surface area contributed by atoms with Crippen LogP contribution in [0.1, 0.15) is 11.1 Å². The Morgan fingerprint density at radius 3 is 2.78 bits per heavy atom. The molecule has 0 bridgehead atoms. The molecule has 6 nitrogen and oxygen atoms in total. The van der Waals surface area contributed by atoms with Crippen molar-refractivity contribution in [3.8, 4) is 0 Å². The van der Waals surface area contributed by atoms with Gasteiger partial charge in [0.2, 0.25) is 5.95 Å². The Morgan fingerprint density at radius 1 is 1.26 bits per heavy atom. The van der Waals surface area contributed by atoms with Crippen molar-refractivity contribution in [3.05, 3.63) is 41.9 Å². The van der Waals surface area contributed by atoms with Gasteiger partial charge in [0.1, 0.15) is 5.82 Å². The number of anilines is 2. The summed E-state index contributed by atoms with van der Waals surface area (Å²) in [6.45, 7) is 3.46. The predicted octanol–water partition coefficient (Wildman–Crippen LogP) is 1.92. The number of nitrogens with one attached hydrogen (secondary N) is 1. The molecule has 0 spiro atoms. The lowest BCUT2D eigenvalue weighted by Crippen LogP contribution is -2.30. The summed E-state index contributed by atoms with van der Waals surface area (Å²) in [6, 6.07) is 4.34. The van der Waals surface area contributed by atoms with Gasteiger partial charge in [-0.05, 0) is 31.0 Å². The molecule has 0 amide bonds. The van der Waals surface area contributed by atoms with Crippen LogP contribution < -0.4 is 10.2 Å². The summed E-state index contributed by atoms with van der Waals surface area (Å²) < 4.78 is 5.67. The molecule has 0 saturated carbocycles. The maximum absolute atomic E-state index is 5.67. The second-order valence-corrected chi connectivity index (χ2v) is 6.20. The molecule has 1 fully saturated rings. The van der Waals surface area contributed by atoms with E-state index in [0.717, 1.165) is 24.4 Å². The molecule has 3 rings (SSSR count). The first-order valence-corrected chi connectivity index (χ1v) is 7.87. The third-order valence-corrected chi connectivity index (χ3v) is 4.13. The van der Waals surface area contributed by atoms with Crippen molar-refractivity contribution in [2.45, 2.75) is 19.4 Å². The lowest BCUT2D eigenvalue weighted by molar-refractivity contribution is 0.185. The highest BCUT2D eigenvalue weighted by molar-refractivity contribution is 5.47. The molecular formula is C17H23N5O. The average Bonchev–Trinajstić information content (AvgIpc) is 2.97. The first kappa shape index (κ1) is 15.7. The second-order valence-electron chi connectivity index (χ2n) is 6.20. The van der Waals surface area contributed by atoms with Crippen LogP contribution in [0.25, 0.3) is 0 Å². The Morgan fingerprint density at radius 2 is 2.04 bits per heavy atom. The molecule has 122 valence electrons. The monoisotopic (exact) mass is 313 g/mol. The molecule has 1 aliphatic heterocycles. The molecule has 2 atom stereocenters. The molecular weight excluding hydrogens is 290 g/mol. The van der Waals surface area contributed by atoms with Gasteiger partial charge in [0.05, 0.1) is 19.3 Å². The van der Waals surface area contributed by atoms with Crippen LogP contribution in [0.4, 0.5) is 11.8 Å². The lowest BCUT2D eigenvalue weighted by Gasteiger charge is -2.21. The van der Waals surface area contributed by atoms with Crippen LogP contribution in [0.5, 0.6) is 0 Å². The number of aromatic nitrogens is 3.